The van der Waals surface area contributed by atoms with E-state index in [1.54, 1.807) is 13.0 Å². The van der Waals surface area contributed by atoms with E-state index in [1.165, 1.54) is 64.2 Å². The fourth-order valence-corrected chi connectivity index (χ4v) is 2.57. The molecule has 0 aliphatic carbocycles. The standard InChI is InChI=1S/C20H36O/c1-4-6-7-8-9-10-11-12-13-14-15-16-17-18-20(5-2)19(3)21/h5,12-13,20H,2,4,6-11,14-18H2,1,3H3/b13-12-/t20-/m1/s1. The van der Waals surface area contributed by atoms with Crippen LogP contribution in [-0.2, 0) is 4.79 Å². The van der Waals surface area contributed by atoms with Gasteiger partial charge in [0.25, 0.3) is 0 Å². The fourth-order valence-electron chi connectivity index (χ4n) is 2.57. The fraction of sp³-hybridized carbons (Fsp3) is 0.750. The normalized spacial score (nSPS) is 12.7. The summed E-state index contributed by atoms with van der Waals surface area (Å²) in [4.78, 5) is 11.2. The summed E-state index contributed by atoms with van der Waals surface area (Å²) >= 11 is 0. The van der Waals surface area contributed by atoms with Crippen LogP contribution in [0, 0.1) is 5.92 Å². The van der Waals surface area contributed by atoms with Gasteiger partial charge in [-0.2, -0.15) is 0 Å². The first kappa shape index (κ1) is 20.1. The zero-order chi connectivity index (χ0) is 15.8. The summed E-state index contributed by atoms with van der Waals surface area (Å²) in [6.07, 6.45) is 21.8. The molecule has 21 heavy (non-hydrogen) atoms. The van der Waals surface area contributed by atoms with Crippen LogP contribution in [0.25, 0.3) is 0 Å². The van der Waals surface area contributed by atoms with Crippen molar-refractivity contribution >= 4 is 5.78 Å². The number of carbonyl (C=O) groups excluding carboxylic acids is 1. The van der Waals surface area contributed by atoms with Crippen molar-refractivity contribution in [2.75, 3.05) is 0 Å². The second-order valence-electron chi connectivity index (χ2n) is 6.12. The number of unbranched alkanes of at least 4 members (excludes halogenated alkanes) is 9. The van der Waals surface area contributed by atoms with Gasteiger partial charge in [-0.15, -0.1) is 6.58 Å². The van der Waals surface area contributed by atoms with Crippen molar-refractivity contribution in [3.63, 3.8) is 0 Å². The zero-order valence-corrected chi connectivity index (χ0v) is 14.4. The Bertz CT molecular complexity index is 278. The monoisotopic (exact) mass is 292 g/mol. The Balaban J connectivity index is 3.29. The Morgan fingerprint density at radius 2 is 1.43 bits per heavy atom. The molecule has 0 N–H and O–H groups in total. The lowest BCUT2D eigenvalue weighted by atomic mass is 9.97. The van der Waals surface area contributed by atoms with E-state index in [9.17, 15) is 4.79 Å². The summed E-state index contributed by atoms with van der Waals surface area (Å²) < 4.78 is 0. The minimum atomic E-state index is 0.0771. The maximum absolute atomic E-state index is 11.2. The minimum absolute atomic E-state index is 0.0771. The molecule has 0 heterocycles. The van der Waals surface area contributed by atoms with E-state index in [0.717, 1.165) is 12.8 Å². The number of carbonyl (C=O) groups is 1. The van der Waals surface area contributed by atoms with E-state index in [4.69, 9.17) is 0 Å². The average Bonchev–Trinajstić information content (AvgIpc) is 2.47. The van der Waals surface area contributed by atoms with E-state index in [1.807, 2.05) is 0 Å². The van der Waals surface area contributed by atoms with Gasteiger partial charge >= 0.3 is 0 Å². The molecule has 0 saturated carbocycles. The second kappa shape index (κ2) is 15.5. The molecule has 1 heteroatoms. The third kappa shape index (κ3) is 13.9. The summed E-state index contributed by atoms with van der Waals surface area (Å²) in [7, 11) is 0. The van der Waals surface area contributed by atoms with Gasteiger partial charge in [-0.1, -0.05) is 70.1 Å². The molecule has 0 fully saturated rings. The molecular formula is C20H36O. The molecule has 0 amide bonds. The topological polar surface area (TPSA) is 17.1 Å². The van der Waals surface area contributed by atoms with Crippen molar-refractivity contribution in [2.45, 2.75) is 90.9 Å². The predicted octanol–water partition coefficient (Wildman–Crippen LogP) is 6.63. The first-order valence-corrected chi connectivity index (χ1v) is 9.00. The molecule has 0 bridgehead atoms. The van der Waals surface area contributed by atoms with Gasteiger partial charge in [-0.3, -0.25) is 4.79 Å². The van der Waals surface area contributed by atoms with Crippen molar-refractivity contribution in [3.8, 4) is 0 Å². The molecule has 0 aliphatic heterocycles. The molecule has 0 aliphatic rings. The molecule has 0 rings (SSSR count). The van der Waals surface area contributed by atoms with Gasteiger partial charge in [0.2, 0.25) is 0 Å². The van der Waals surface area contributed by atoms with Crippen LogP contribution in [0.3, 0.4) is 0 Å². The van der Waals surface area contributed by atoms with Crippen LogP contribution >= 0.6 is 0 Å². The van der Waals surface area contributed by atoms with Crippen LogP contribution in [0.5, 0.6) is 0 Å². The second-order valence-corrected chi connectivity index (χ2v) is 6.12. The molecular weight excluding hydrogens is 256 g/mol. The first-order chi connectivity index (χ1) is 10.2. The van der Waals surface area contributed by atoms with Gasteiger partial charge in [0.1, 0.15) is 5.78 Å². The summed E-state index contributed by atoms with van der Waals surface area (Å²) in [5.41, 5.74) is 0. The average molecular weight is 293 g/mol. The lowest BCUT2D eigenvalue weighted by Crippen LogP contribution is -2.06. The number of hydrogen-bond acceptors (Lipinski definition) is 1. The predicted molar refractivity (Wildman–Crippen MR) is 94.6 cm³/mol. The lowest BCUT2D eigenvalue weighted by Gasteiger charge is -2.07. The zero-order valence-electron chi connectivity index (χ0n) is 14.4. The third-order valence-electron chi connectivity index (χ3n) is 4.08. The third-order valence-corrected chi connectivity index (χ3v) is 4.08. The molecule has 0 aromatic rings. The smallest absolute Gasteiger partial charge is 0.136 e. The van der Waals surface area contributed by atoms with Gasteiger partial charge in [-0.05, 0) is 39.0 Å². The van der Waals surface area contributed by atoms with Crippen molar-refractivity contribution in [3.05, 3.63) is 24.8 Å². The van der Waals surface area contributed by atoms with Crippen molar-refractivity contribution < 1.29 is 4.79 Å². The van der Waals surface area contributed by atoms with Crippen LogP contribution < -0.4 is 0 Å². The van der Waals surface area contributed by atoms with Gasteiger partial charge in [0.15, 0.2) is 0 Å². The first-order valence-electron chi connectivity index (χ1n) is 9.00. The summed E-state index contributed by atoms with van der Waals surface area (Å²) in [6, 6.07) is 0. The highest BCUT2D eigenvalue weighted by Gasteiger charge is 2.08. The summed E-state index contributed by atoms with van der Waals surface area (Å²) in [5, 5.41) is 0. The lowest BCUT2D eigenvalue weighted by molar-refractivity contribution is -0.119. The van der Waals surface area contributed by atoms with Gasteiger partial charge in [-0.25, -0.2) is 0 Å². The van der Waals surface area contributed by atoms with Gasteiger partial charge in [0, 0.05) is 5.92 Å². The van der Waals surface area contributed by atoms with E-state index < -0.39 is 0 Å². The number of ketones is 1. The molecule has 0 aromatic carbocycles. The van der Waals surface area contributed by atoms with Crippen molar-refractivity contribution in [1.29, 1.82) is 0 Å². The van der Waals surface area contributed by atoms with Crippen LogP contribution in [0.4, 0.5) is 0 Å². The number of rotatable bonds is 15. The van der Waals surface area contributed by atoms with Crippen molar-refractivity contribution in [1.82, 2.24) is 0 Å². The Labute approximate surface area is 132 Å². The SMILES string of the molecule is C=C[C@H](CCCCC/C=C\CCCCCCCC)C(C)=O. The quantitative estimate of drug-likeness (QED) is 0.244. The van der Waals surface area contributed by atoms with Crippen LogP contribution in [0.1, 0.15) is 90.9 Å². The highest BCUT2D eigenvalue weighted by Crippen LogP contribution is 2.13. The van der Waals surface area contributed by atoms with Gasteiger partial charge in [0.05, 0.1) is 0 Å². The Morgan fingerprint density at radius 3 is 1.95 bits per heavy atom. The number of allylic oxidation sites excluding steroid dienone is 3. The maximum atomic E-state index is 11.2. The highest BCUT2D eigenvalue weighted by atomic mass is 16.1. The Morgan fingerprint density at radius 1 is 0.905 bits per heavy atom. The van der Waals surface area contributed by atoms with E-state index in [-0.39, 0.29) is 11.7 Å². The molecule has 1 nitrogen and oxygen atoms in total. The molecule has 0 aromatic heterocycles. The minimum Gasteiger partial charge on any atom is -0.299 e. The van der Waals surface area contributed by atoms with E-state index in [2.05, 4.69) is 25.7 Å². The number of hydrogen-bond donors (Lipinski definition) is 0. The van der Waals surface area contributed by atoms with Crippen LogP contribution in [0.15, 0.2) is 24.8 Å². The van der Waals surface area contributed by atoms with Crippen LogP contribution in [-0.4, -0.2) is 5.78 Å². The molecule has 1 atom stereocenters. The van der Waals surface area contributed by atoms with E-state index >= 15 is 0 Å². The van der Waals surface area contributed by atoms with E-state index in [0.29, 0.717) is 0 Å². The van der Waals surface area contributed by atoms with Crippen LogP contribution in [0.2, 0.25) is 0 Å². The molecule has 0 radical (unpaired) electrons. The molecule has 0 spiro atoms. The summed E-state index contributed by atoms with van der Waals surface area (Å²) in [6.45, 7) is 7.66. The molecule has 122 valence electrons. The molecule has 0 unspecified atom stereocenters. The van der Waals surface area contributed by atoms with Gasteiger partial charge < -0.3 is 0 Å². The highest BCUT2D eigenvalue weighted by molar-refractivity contribution is 5.79. The molecule has 0 saturated heterocycles. The number of Topliss-reactive ketones (excluding diaryl/α,β-unsaturated/α-hetero) is 1. The Kier molecular flexibility index (Phi) is 14.9. The summed E-state index contributed by atoms with van der Waals surface area (Å²) in [5.74, 6) is 0.331. The maximum Gasteiger partial charge on any atom is 0.136 e. The van der Waals surface area contributed by atoms with Crippen molar-refractivity contribution in [2.24, 2.45) is 5.92 Å². The largest absolute Gasteiger partial charge is 0.299 e. The Hall–Kier alpha value is -0.850.